The number of rotatable bonds is 4. The summed E-state index contributed by atoms with van der Waals surface area (Å²) in [5.74, 6) is 0. The van der Waals surface area contributed by atoms with Crippen LogP contribution in [0.25, 0.3) is 83.1 Å². The van der Waals surface area contributed by atoms with Gasteiger partial charge in [0.2, 0.25) is 0 Å². The molecule has 1 aromatic heterocycles. The topological polar surface area (TPSA) is 11.4 Å². The van der Waals surface area contributed by atoms with Gasteiger partial charge in [-0.05, 0) is 205 Å². The summed E-state index contributed by atoms with van der Waals surface area (Å²) in [6, 6.07) is 116. The number of anilines is 6. The first kappa shape index (κ1) is 59.4. The lowest BCUT2D eigenvalue weighted by Gasteiger charge is -2.47. The summed E-state index contributed by atoms with van der Waals surface area (Å²) >= 11 is 0. The molecule has 21 rings (SSSR count). The summed E-state index contributed by atoms with van der Waals surface area (Å²) in [6.45, 7) is 21.1. The van der Waals surface area contributed by atoms with Crippen LogP contribution in [0, 0.1) is 0 Å². The average Bonchev–Trinajstić information content (AvgIpc) is 1.46. The molecule has 0 N–H and O–H groups in total. The van der Waals surface area contributed by atoms with E-state index in [2.05, 4.69) is 374 Å². The molecule has 0 fully saturated rings. The molecule has 2 spiro atoms. The minimum Gasteiger partial charge on any atom is -0.311 e. The van der Waals surface area contributed by atoms with E-state index in [4.69, 9.17) is 0 Å². The van der Waals surface area contributed by atoms with E-state index >= 15 is 0 Å². The lowest BCUT2D eigenvalue weighted by molar-refractivity contribution is 0.590. The Labute approximate surface area is 598 Å². The summed E-state index contributed by atoms with van der Waals surface area (Å²) < 4.78 is 2.58. The molecule has 0 unspecified atom stereocenters. The number of benzene rings is 14. The summed E-state index contributed by atoms with van der Waals surface area (Å²) in [5.41, 5.74) is 40.0. The highest BCUT2D eigenvalue weighted by molar-refractivity contribution is 7.00. The second-order valence-electron chi connectivity index (χ2n) is 32.6. The van der Waals surface area contributed by atoms with Gasteiger partial charge in [0, 0.05) is 50.3 Å². The van der Waals surface area contributed by atoms with Gasteiger partial charge in [0.05, 0.1) is 33.2 Å². The molecule has 6 aliphatic rings. The maximum atomic E-state index is 2.78. The summed E-state index contributed by atoms with van der Waals surface area (Å²) in [7, 11) is 0. The third-order valence-electron chi connectivity index (χ3n) is 24.2. The molecule has 102 heavy (non-hydrogen) atoms. The number of fused-ring (bicyclic) bond motifs is 27. The third kappa shape index (κ3) is 7.72. The van der Waals surface area contributed by atoms with Gasteiger partial charge in [-0.3, -0.25) is 0 Å². The highest BCUT2D eigenvalue weighted by Crippen LogP contribution is 2.68. The highest BCUT2D eigenvalue weighted by Gasteiger charge is 2.57. The smallest absolute Gasteiger partial charge is 0.252 e. The second kappa shape index (κ2) is 20.6. The van der Waals surface area contributed by atoms with E-state index in [-0.39, 0.29) is 23.0 Å². The molecule has 14 aromatic carbocycles. The van der Waals surface area contributed by atoms with Crippen LogP contribution in [0.5, 0.6) is 0 Å². The van der Waals surface area contributed by atoms with E-state index in [9.17, 15) is 0 Å². The van der Waals surface area contributed by atoms with Crippen molar-refractivity contribution in [3.63, 3.8) is 0 Å². The third-order valence-corrected chi connectivity index (χ3v) is 24.2. The van der Waals surface area contributed by atoms with Gasteiger partial charge in [0.25, 0.3) is 6.71 Å². The predicted octanol–water partition coefficient (Wildman–Crippen LogP) is 23.1. The molecule has 486 valence electrons. The Morgan fingerprint density at radius 2 is 0.657 bits per heavy atom. The molecule has 0 amide bonds. The first-order valence-electron chi connectivity index (χ1n) is 36.6. The van der Waals surface area contributed by atoms with Crippen LogP contribution in [0.15, 0.2) is 297 Å². The molecule has 0 atom stereocenters. The standard InChI is InChI=1S/C98H76BN3/c1-94(2,3)61-46-51-83-73(54-61)74-55-62(95(4,5)6)47-52-84(74)100(83)64-48-49-81-88(58-64)102(87-44-26-36-72-70-34-18-24-42-80(70)98(92(72)87)77-39-21-15-31-67(77)68-32-16-22-40-78(68)98)90-57-63(96(7,8)9)56-89-93(90)99(81)82-53-60(59-27-11-10-12-28-59)45-50-85(82)101(89)86-43-25-35-71-69-33-17-23-41-79(69)97(91(71)86)75-37-19-13-29-65(75)66-30-14-20-38-76(66)97/h10-58H,1-9H3. The van der Waals surface area contributed by atoms with Gasteiger partial charge in [0.15, 0.2) is 0 Å². The molecule has 2 aliphatic heterocycles. The number of hydrogen-bond acceptors (Lipinski definition) is 2. The lowest BCUT2D eigenvalue weighted by atomic mass is 9.33. The minimum absolute atomic E-state index is 0.0470. The Kier molecular flexibility index (Phi) is 12.0. The van der Waals surface area contributed by atoms with Crippen molar-refractivity contribution in [1.82, 2.24) is 4.57 Å². The molecule has 0 saturated carbocycles. The van der Waals surface area contributed by atoms with Gasteiger partial charge in [-0.15, -0.1) is 0 Å². The van der Waals surface area contributed by atoms with Crippen LogP contribution >= 0.6 is 0 Å². The van der Waals surface area contributed by atoms with Crippen molar-refractivity contribution in [2.24, 2.45) is 0 Å². The normalized spacial score (nSPS) is 14.8. The number of hydrogen-bond donors (Lipinski definition) is 0. The van der Waals surface area contributed by atoms with Crippen molar-refractivity contribution in [3.8, 4) is 61.3 Å². The van der Waals surface area contributed by atoms with Crippen LogP contribution in [0.1, 0.15) is 124 Å². The summed E-state index contributed by atoms with van der Waals surface area (Å²) in [4.78, 5) is 5.53. The van der Waals surface area contributed by atoms with Crippen LogP contribution in [0.3, 0.4) is 0 Å². The van der Waals surface area contributed by atoms with Crippen molar-refractivity contribution in [2.45, 2.75) is 89.4 Å². The number of aromatic nitrogens is 1. The van der Waals surface area contributed by atoms with E-state index in [0.29, 0.717) is 0 Å². The molecular formula is C98H76BN3. The fourth-order valence-corrected chi connectivity index (χ4v) is 19.8. The van der Waals surface area contributed by atoms with Gasteiger partial charge in [-0.1, -0.05) is 293 Å². The van der Waals surface area contributed by atoms with Gasteiger partial charge < -0.3 is 14.4 Å². The molecule has 15 aromatic rings. The zero-order valence-electron chi connectivity index (χ0n) is 59.2. The van der Waals surface area contributed by atoms with Gasteiger partial charge in [-0.25, -0.2) is 0 Å². The molecule has 4 aliphatic carbocycles. The van der Waals surface area contributed by atoms with E-state index < -0.39 is 10.8 Å². The van der Waals surface area contributed by atoms with E-state index in [0.717, 1.165) is 5.69 Å². The summed E-state index contributed by atoms with van der Waals surface area (Å²) in [6.07, 6.45) is 0. The quantitative estimate of drug-likeness (QED) is 0.163. The van der Waals surface area contributed by atoms with Crippen molar-refractivity contribution in [1.29, 1.82) is 0 Å². The molecule has 0 bridgehead atoms. The average molecular weight is 1310 g/mol. The van der Waals surface area contributed by atoms with Crippen LogP contribution in [-0.4, -0.2) is 11.3 Å². The summed E-state index contributed by atoms with van der Waals surface area (Å²) in [5, 5.41) is 2.55. The van der Waals surface area contributed by atoms with E-state index in [1.807, 2.05) is 0 Å². The number of nitrogens with zero attached hydrogens (tertiary/aromatic N) is 3. The Hall–Kier alpha value is -11.5. The Morgan fingerprint density at radius 1 is 0.265 bits per heavy atom. The van der Waals surface area contributed by atoms with Gasteiger partial charge in [0.1, 0.15) is 0 Å². The molecule has 3 nitrogen and oxygen atoms in total. The van der Waals surface area contributed by atoms with Gasteiger partial charge >= 0.3 is 0 Å². The Morgan fingerprint density at radius 3 is 1.09 bits per heavy atom. The largest absolute Gasteiger partial charge is 0.311 e. The van der Waals surface area contributed by atoms with E-state index in [1.54, 1.807) is 0 Å². The van der Waals surface area contributed by atoms with Gasteiger partial charge in [-0.2, -0.15) is 0 Å². The van der Waals surface area contributed by atoms with Crippen LogP contribution in [0.4, 0.5) is 34.1 Å². The minimum atomic E-state index is -0.653. The first-order chi connectivity index (χ1) is 49.5. The maximum absolute atomic E-state index is 2.78. The van der Waals surface area contributed by atoms with E-state index in [1.165, 1.54) is 189 Å². The van der Waals surface area contributed by atoms with Crippen LogP contribution in [-0.2, 0) is 27.1 Å². The monoisotopic (exact) mass is 1310 g/mol. The molecule has 4 heteroatoms. The predicted molar refractivity (Wildman–Crippen MR) is 429 cm³/mol. The van der Waals surface area contributed by atoms with Crippen molar-refractivity contribution >= 4 is 79.0 Å². The van der Waals surface area contributed by atoms with Crippen LogP contribution < -0.4 is 26.2 Å². The lowest BCUT2D eigenvalue weighted by Crippen LogP contribution is -2.61. The van der Waals surface area contributed by atoms with Crippen molar-refractivity contribution in [3.05, 3.63) is 358 Å². The maximum Gasteiger partial charge on any atom is 0.252 e. The molecule has 0 saturated heterocycles. The molecule has 0 radical (unpaired) electrons. The fraction of sp³-hybridized carbons (Fsp3) is 0.143. The highest BCUT2D eigenvalue weighted by atomic mass is 15.2. The fourth-order valence-electron chi connectivity index (χ4n) is 19.8. The van der Waals surface area contributed by atoms with Crippen LogP contribution in [0.2, 0.25) is 0 Å². The first-order valence-corrected chi connectivity index (χ1v) is 36.6. The molecule has 3 heterocycles. The zero-order valence-corrected chi connectivity index (χ0v) is 59.2. The Balaban J connectivity index is 0.915. The molecular weight excluding hydrogens is 1230 g/mol. The SMILES string of the molecule is CC(C)(C)c1cc2c3c(c1)N(c1cccc4c1C1(c5ccccc5-c5ccccc51)c1ccccc1-4)c1cc(-n4c5ccc(C(C)(C)C)cc5c5cc(C(C)(C)C)ccc54)ccc1B3c1cc(-c3ccccc3)ccc1N2c1cccc2c1C1(c3ccccc3-c3ccccc31)c1ccccc1-2. The van der Waals surface area contributed by atoms with Crippen molar-refractivity contribution in [2.75, 3.05) is 9.80 Å². The Bertz CT molecular complexity index is 5980. The zero-order chi connectivity index (χ0) is 68.7. The second-order valence-corrected chi connectivity index (χ2v) is 32.6. The van der Waals surface area contributed by atoms with Crippen molar-refractivity contribution < 1.29 is 0 Å².